The lowest BCUT2D eigenvalue weighted by Gasteiger charge is -2.22. The summed E-state index contributed by atoms with van der Waals surface area (Å²) in [5.41, 5.74) is 0.557. The molecule has 1 aromatic carbocycles. The molecule has 0 saturated carbocycles. The largest absolute Gasteiger partial charge is 0.396 e. The van der Waals surface area contributed by atoms with Crippen LogP contribution >= 0.6 is 0 Å². The van der Waals surface area contributed by atoms with Crippen LogP contribution in [0.1, 0.15) is 32.0 Å². The molecule has 0 unspecified atom stereocenters. The topological polar surface area (TPSA) is 84.2 Å². The van der Waals surface area contributed by atoms with E-state index < -0.39 is 11.4 Å². The highest BCUT2D eigenvalue weighted by atomic mass is 19.1. The molecule has 0 atom stereocenters. The fourth-order valence-electron chi connectivity index (χ4n) is 2.67. The van der Waals surface area contributed by atoms with E-state index in [0.29, 0.717) is 22.6 Å². The molecule has 26 heavy (non-hydrogen) atoms. The van der Waals surface area contributed by atoms with Gasteiger partial charge in [-0.25, -0.2) is 9.37 Å². The van der Waals surface area contributed by atoms with Crippen molar-refractivity contribution in [1.29, 1.82) is 0 Å². The van der Waals surface area contributed by atoms with E-state index in [0.717, 1.165) is 0 Å². The average Bonchev–Trinajstić information content (AvgIpc) is 2.53. The number of aromatic nitrogens is 2. The molecule has 1 amide bonds. The molecule has 7 heteroatoms. The number of nitrogens with one attached hydrogen (secondary N) is 1. The lowest BCUT2D eigenvalue weighted by molar-refractivity contribution is -0.123. The Morgan fingerprint density at radius 1 is 1.27 bits per heavy atom. The number of rotatable bonds is 5. The minimum atomic E-state index is -0.442. The maximum Gasteiger partial charge on any atom is 0.257 e. The molecule has 0 fully saturated rings. The van der Waals surface area contributed by atoms with Crippen LogP contribution in [0, 0.1) is 12.7 Å². The molecule has 0 spiro atoms. The second-order valence-corrected chi connectivity index (χ2v) is 7.17. The molecule has 6 nitrogen and oxygen atoms in total. The van der Waals surface area contributed by atoms with Gasteiger partial charge in [-0.2, -0.15) is 0 Å². The van der Waals surface area contributed by atoms with Crippen LogP contribution in [0.15, 0.2) is 29.1 Å². The lowest BCUT2D eigenvalue weighted by atomic mass is 10.1. The zero-order valence-electron chi connectivity index (χ0n) is 15.5. The van der Waals surface area contributed by atoms with E-state index in [2.05, 4.69) is 10.3 Å². The van der Waals surface area contributed by atoms with Crippen LogP contribution in [0.25, 0.3) is 11.4 Å². The second kappa shape index (κ2) is 7.78. The van der Waals surface area contributed by atoms with Gasteiger partial charge in [-0.1, -0.05) is 0 Å². The van der Waals surface area contributed by atoms with Crippen LogP contribution in [-0.4, -0.2) is 32.7 Å². The van der Waals surface area contributed by atoms with Crippen molar-refractivity contribution in [2.24, 2.45) is 0 Å². The molecule has 2 N–H and O–H groups in total. The molecule has 0 aliphatic carbocycles. The first kappa shape index (κ1) is 19.8. The number of hydrogen-bond donors (Lipinski definition) is 2. The number of aryl methyl sites for hydroxylation is 1. The third-order valence-corrected chi connectivity index (χ3v) is 3.75. The summed E-state index contributed by atoms with van der Waals surface area (Å²) in [7, 11) is 0. The summed E-state index contributed by atoms with van der Waals surface area (Å²) in [6.45, 7) is 6.81. The SMILES string of the molecule is Cc1nc(-c2ccc(F)cc2)n(CC(=O)NC(C)(C)C)c(=O)c1CCO. The van der Waals surface area contributed by atoms with E-state index in [-0.39, 0.29) is 31.0 Å². The highest BCUT2D eigenvalue weighted by Crippen LogP contribution is 2.18. The summed E-state index contributed by atoms with van der Waals surface area (Å²) >= 11 is 0. The number of hydrogen-bond acceptors (Lipinski definition) is 4. The van der Waals surface area contributed by atoms with Crippen molar-refractivity contribution in [2.45, 2.75) is 46.2 Å². The minimum absolute atomic E-state index is 0.155. The number of amides is 1. The molecule has 1 aromatic heterocycles. The molecule has 0 aliphatic heterocycles. The van der Waals surface area contributed by atoms with Crippen LogP contribution in [-0.2, 0) is 17.8 Å². The quantitative estimate of drug-likeness (QED) is 0.851. The number of nitrogens with zero attached hydrogens (tertiary/aromatic N) is 2. The second-order valence-electron chi connectivity index (χ2n) is 7.17. The molecule has 0 radical (unpaired) electrons. The molecule has 140 valence electrons. The third-order valence-electron chi connectivity index (χ3n) is 3.75. The number of aliphatic hydroxyl groups is 1. The van der Waals surface area contributed by atoms with Crippen molar-refractivity contribution in [3.8, 4) is 11.4 Å². The molecule has 0 aliphatic rings. The summed E-state index contributed by atoms with van der Waals surface area (Å²) < 4.78 is 14.5. The summed E-state index contributed by atoms with van der Waals surface area (Å²) in [5.74, 6) is -0.441. The number of halogens is 1. The number of benzene rings is 1. The fraction of sp³-hybridized carbons (Fsp3) is 0.421. The predicted molar refractivity (Wildman–Crippen MR) is 97.3 cm³/mol. The standard InChI is InChI=1S/C19H24FN3O3/c1-12-15(9-10-24)18(26)23(11-16(25)22-19(2,3)4)17(21-12)13-5-7-14(20)8-6-13/h5-8,24H,9-11H2,1-4H3,(H,22,25). The average molecular weight is 361 g/mol. The summed E-state index contributed by atoms with van der Waals surface area (Å²) in [6.07, 6.45) is 0.155. The van der Waals surface area contributed by atoms with E-state index >= 15 is 0 Å². The normalized spacial score (nSPS) is 11.5. The van der Waals surface area contributed by atoms with Gasteiger partial charge in [0.05, 0.1) is 0 Å². The van der Waals surface area contributed by atoms with Gasteiger partial charge in [0.15, 0.2) is 0 Å². The van der Waals surface area contributed by atoms with Crippen LogP contribution in [0.5, 0.6) is 0 Å². The first-order valence-corrected chi connectivity index (χ1v) is 8.40. The molecule has 0 saturated heterocycles. The Hall–Kier alpha value is -2.54. The Morgan fingerprint density at radius 2 is 1.88 bits per heavy atom. The fourth-order valence-corrected chi connectivity index (χ4v) is 2.67. The Kier molecular flexibility index (Phi) is 5.92. The zero-order chi connectivity index (χ0) is 19.5. The lowest BCUT2D eigenvalue weighted by Crippen LogP contribution is -2.44. The summed E-state index contributed by atoms with van der Waals surface area (Å²) in [4.78, 5) is 29.7. The van der Waals surface area contributed by atoms with Gasteiger partial charge in [0, 0.05) is 35.4 Å². The van der Waals surface area contributed by atoms with E-state index in [1.165, 1.54) is 28.8 Å². The Bertz CT molecular complexity index is 852. The van der Waals surface area contributed by atoms with Crippen molar-refractivity contribution >= 4 is 5.91 Å². The van der Waals surface area contributed by atoms with E-state index in [1.54, 1.807) is 6.92 Å². The number of carbonyl (C=O) groups is 1. The predicted octanol–water partition coefficient (Wildman–Crippen LogP) is 1.81. The van der Waals surface area contributed by atoms with Crippen molar-refractivity contribution < 1.29 is 14.3 Å². The maximum atomic E-state index is 13.2. The summed E-state index contributed by atoms with van der Waals surface area (Å²) in [5, 5.41) is 12.0. The Labute approximate surface area is 151 Å². The van der Waals surface area contributed by atoms with Gasteiger partial charge in [-0.05, 0) is 52.0 Å². The molecular formula is C19H24FN3O3. The van der Waals surface area contributed by atoms with Gasteiger partial charge in [0.1, 0.15) is 18.2 Å². The minimum Gasteiger partial charge on any atom is -0.396 e. The summed E-state index contributed by atoms with van der Waals surface area (Å²) in [6, 6.07) is 5.58. The van der Waals surface area contributed by atoms with Crippen molar-refractivity contribution in [3.63, 3.8) is 0 Å². The zero-order valence-corrected chi connectivity index (χ0v) is 15.5. The van der Waals surface area contributed by atoms with Gasteiger partial charge in [0.25, 0.3) is 5.56 Å². The number of carbonyl (C=O) groups excluding carboxylic acids is 1. The molecule has 2 aromatic rings. The highest BCUT2D eigenvalue weighted by Gasteiger charge is 2.20. The molecule has 2 rings (SSSR count). The molecule has 1 heterocycles. The van der Waals surface area contributed by atoms with Crippen LogP contribution < -0.4 is 10.9 Å². The van der Waals surface area contributed by atoms with Crippen LogP contribution in [0.4, 0.5) is 4.39 Å². The van der Waals surface area contributed by atoms with Crippen molar-refractivity contribution in [2.75, 3.05) is 6.61 Å². The first-order valence-electron chi connectivity index (χ1n) is 8.40. The molecular weight excluding hydrogens is 337 g/mol. The van der Waals surface area contributed by atoms with E-state index in [4.69, 9.17) is 0 Å². The highest BCUT2D eigenvalue weighted by molar-refractivity contribution is 5.77. The van der Waals surface area contributed by atoms with Gasteiger partial charge >= 0.3 is 0 Å². The monoisotopic (exact) mass is 361 g/mol. The van der Waals surface area contributed by atoms with Gasteiger partial charge < -0.3 is 10.4 Å². The van der Waals surface area contributed by atoms with Gasteiger partial charge in [0.2, 0.25) is 5.91 Å². The van der Waals surface area contributed by atoms with Crippen LogP contribution in [0.2, 0.25) is 0 Å². The molecule has 0 bridgehead atoms. The van der Waals surface area contributed by atoms with E-state index in [9.17, 15) is 19.1 Å². The van der Waals surface area contributed by atoms with Crippen molar-refractivity contribution in [1.82, 2.24) is 14.9 Å². The van der Waals surface area contributed by atoms with Crippen LogP contribution in [0.3, 0.4) is 0 Å². The Balaban J connectivity index is 2.57. The first-order chi connectivity index (χ1) is 12.1. The van der Waals surface area contributed by atoms with E-state index in [1.807, 2.05) is 20.8 Å². The smallest absolute Gasteiger partial charge is 0.257 e. The third kappa shape index (κ3) is 4.76. The maximum absolute atomic E-state index is 13.2. The van der Waals surface area contributed by atoms with Gasteiger partial charge in [-0.15, -0.1) is 0 Å². The number of aliphatic hydroxyl groups excluding tert-OH is 1. The Morgan fingerprint density at radius 3 is 2.42 bits per heavy atom. The van der Waals surface area contributed by atoms with Crippen molar-refractivity contribution in [3.05, 3.63) is 51.7 Å². The van der Waals surface area contributed by atoms with Gasteiger partial charge in [-0.3, -0.25) is 14.2 Å².